The molecule has 0 heterocycles. The number of carboxylic acids is 1. The van der Waals surface area contributed by atoms with Crippen molar-refractivity contribution < 1.29 is 34.1 Å². The van der Waals surface area contributed by atoms with Crippen molar-refractivity contribution in [1.82, 2.24) is 5.32 Å². The van der Waals surface area contributed by atoms with Crippen molar-refractivity contribution in [1.29, 1.82) is 0 Å². The topological polar surface area (TPSA) is 165 Å². The summed E-state index contributed by atoms with van der Waals surface area (Å²) in [6, 6.07) is 17.9. The average molecular weight is 523 g/mol. The van der Waals surface area contributed by atoms with Crippen molar-refractivity contribution in [2.45, 2.75) is 25.6 Å². The predicted molar refractivity (Wildman–Crippen MR) is 141 cm³/mol. The number of carbonyl (C=O) groups is 2. The van der Waals surface area contributed by atoms with Crippen molar-refractivity contribution in [2.75, 3.05) is 19.5 Å². The fourth-order valence-electron chi connectivity index (χ4n) is 3.58. The van der Waals surface area contributed by atoms with Crippen LogP contribution in [0.2, 0.25) is 0 Å². The fourth-order valence-corrected chi connectivity index (χ4v) is 3.58. The number of hydrogen-bond acceptors (Lipinski definition) is 8. The first-order chi connectivity index (χ1) is 18.3. The zero-order chi connectivity index (χ0) is 27.7. The van der Waals surface area contributed by atoms with Crippen LogP contribution in [0.5, 0.6) is 17.2 Å². The Morgan fingerprint density at radius 3 is 2.18 bits per heavy atom. The number of rotatable bonds is 12. The van der Waals surface area contributed by atoms with E-state index in [1.807, 2.05) is 30.3 Å². The molecule has 11 nitrogen and oxygen atoms in total. The largest absolute Gasteiger partial charge is 0.493 e. The highest BCUT2D eigenvalue weighted by Gasteiger charge is 2.28. The highest BCUT2D eigenvalue weighted by atomic mass is 16.5. The van der Waals surface area contributed by atoms with Crippen LogP contribution in [0.15, 0.2) is 71.9 Å². The van der Waals surface area contributed by atoms with Gasteiger partial charge < -0.3 is 40.9 Å². The molecule has 11 heteroatoms. The molecule has 3 aromatic rings. The van der Waals surface area contributed by atoms with Gasteiger partial charge in [-0.3, -0.25) is 4.79 Å². The molecule has 0 bridgehead atoms. The molecule has 0 radical (unpaired) electrons. The van der Waals surface area contributed by atoms with E-state index >= 15 is 0 Å². The minimum absolute atomic E-state index is 0.0630. The monoisotopic (exact) mass is 522 g/mol. The van der Waals surface area contributed by atoms with Crippen molar-refractivity contribution in [3.05, 3.63) is 83.4 Å². The van der Waals surface area contributed by atoms with E-state index in [0.29, 0.717) is 28.3 Å². The molecule has 0 unspecified atom stereocenters. The Morgan fingerprint density at radius 2 is 1.61 bits per heavy atom. The number of amides is 1. The van der Waals surface area contributed by atoms with Gasteiger partial charge in [0.2, 0.25) is 5.91 Å². The lowest BCUT2D eigenvalue weighted by molar-refractivity contribution is -0.144. The molecule has 0 fully saturated rings. The van der Waals surface area contributed by atoms with Gasteiger partial charge in [-0.25, -0.2) is 4.79 Å². The zero-order valence-electron chi connectivity index (χ0n) is 21.2. The third-order valence-electron chi connectivity index (χ3n) is 5.65. The summed E-state index contributed by atoms with van der Waals surface area (Å²) in [6.07, 6.45) is -1.21. The lowest BCUT2D eigenvalue weighted by Crippen LogP contribution is -2.34. The quantitative estimate of drug-likeness (QED) is 0.104. The van der Waals surface area contributed by atoms with Crippen LogP contribution in [-0.4, -0.2) is 48.3 Å². The SMILES string of the molecule is COc1cc(O[C@@H](C)C(=O)O)c([C@@H](Nc2ccc(C(N)=NO)cc2)C(=O)NCc2ccccc2)cc1OC. The second kappa shape index (κ2) is 12.9. The van der Waals surface area contributed by atoms with Gasteiger partial charge >= 0.3 is 5.97 Å². The molecule has 3 rings (SSSR count). The third kappa shape index (κ3) is 6.84. The van der Waals surface area contributed by atoms with Gasteiger partial charge in [-0.05, 0) is 42.8 Å². The minimum Gasteiger partial charge on any atom is -0.493 e. The van der Waals surface area contributed by atoms with Gasteiger partial charge in [0.25, 0.3) is 0 Å². The maximum Gasteiger partial charge on any atom is 0.344 e. The first-order valence-corrected chi connectivity index (χ1v) is 11.6. The summed E-state index contributed by atoms with van der Waals surface area (Å²) in [5.74, 6) is -0.903. The number of nitrogens with zero attached hydrogens (tertiary/aromatic N) is 1. The summed E-state index contributed by atoms with van der Waals surface area (Å²) >= 11 is 0. The number of oxime groups is 1. The Balaban J connectivity index is 2.05. The lowest BCUT2D eigenvalue weighted by Gasteiger charge is -2.25. The second-order valence-electron chi connectivity index (χ2n) is 8.19. The molecule has 6 N–H and O–H groups in total. The third-order valence-corrected chi connectivity index (χ3v) is 5.65. The number of carboxylic acid groups (broad SMARTS) is 1. The van der Waals surface area contributed by atoms with Crippen LogP contribution in [0, 0.1) is 0 Å². The van der Waals surface area contributed by atoms with E-state index in [2.05, 4.69) is 15.8 Å². The van der Waals surface area contributed by atoms with Crippen LogP contribution in [0.25, 0.3) is 0 Å². The van der Waals surface area contributed by atoms with Crippen LogP contribution in [-0.2, 0) is 16.1 Å². The molecular weight excluding hydrogens is 492 g/mol. The number of nitrogens with two attached hydrogens (primary N) is 1. The van der Waals surface area contributed by atoms with Crippen LogP contribution in [0.4, 0.5) is 5.69 Å². The van der Waals surface area contributed by atoms with Crippen LogP contribution < -0.4 is 30.6 Å². The molecule has 0 saturated carbocycles. The zero-order valence-corrected chi connectivity index (χ0v) is 21.2. The number of aliphatic carboxylic acids is 1. The summed E-state index contributed by atoms with van der Waals surface area (Å²) in [6.45, 7) is 1.64. The standard InChI is InChI=1S/C27H30N4O7/c1-16(27(33)34)38-21-14-23(37-3)22(36-2)13-20(21)24(26(32)29-15-17-7-5-4-6-8-17)30-19-11-9-18(10-12-19)25(28)31-35/h4-14,16,24,30,35H,15H2,1-3H3,(H2,28,31)(H,29,32)(H,33,34)/t16-,24+/m0/s1. The smallest absolute Gasteiger partial charge is 0.344 e. The van der Waals surface area contributed by atoms with Crippen LogP contribution in [0.3, 0.4) is 0 Å². The van der Waals surface area contributed by atoms with Crippen molar-refractivity contribution >= 4 is 23.4 Å². The molecule has 0 aliphatic carbocycles. The molecule has 1 amide bonds. The summed E-state index contributed by atoms with van der Waals surface area (Å²) in [7, 11) is 2.89. The Kier molecular flexibility index (Phi) is 9.36. The predicted octanol–water partition coefficient (Wildman–Crippen LogP) is 3.12. The normalized spacial score (nSPS) is 12.7. The van der Waals surface area contributed by atoms with Crippen molar-refractivity contribution in [3.63, 3.8) is 0 Å². The molecule has 200 valence electrons. The number of nitrogens with one attached hydrogen (secondary N) is 2. The highest BCUT2D eigenvalue weighted by molar-refractivity contribution is 5.97. The minimum atomic E-state index is -1.21. The van der Waals surface area contributed by atoms with Gasteiger partial charge in [0, 0.05) is 29.4 Å². The molecule has 0 saturated heterocycles. The average Bonchev–Trinajstić information content (AvgIpc) is 2.94. The highest BCUT2D eigenvalue weighted by Crippen LogP contribution is 2.39. The Bertz CT molecular complexity index is 1280. The number of ether oxygens (including phenoxy) is 3. The number of amidine groups is 1. The number of carbonyl (C=O) groups excluding carboxylic acids is 1. The molecule has 0 aliphatic heterocycles. The molecular formula is C27H30N4O7. The first kappa shape index (κ1) is 27.7. The van der Waals surface area contributed by atoms with E-state index in [0.717, 1.165) is 5.56 Å². The maximum atomic E-state index is 13.6. The van der Waals surface area contributed by atoms with Crippen LogP contribution in [0.1, 0.15) is 29.7 Å². The van der Waals surface area contributed by atoms with Gasteiger partial charge in [-0.15, -0.1) is 0 Å². The lowest BCUT2D eigenvalue weighted by atomic mass is 10.0. The first-order valence-electron chi connectivity index (χ1n) is 11.6. The Labute approximate surface area is 219 Å². The molecule has 3 aromatic carbocycles. The van der Waals surface area contributed by atoms with Gasteiger partial charge in [-0.1, -0.05) is 35.5 Å². The van der Waals surface area contributed by atoms with Crippen LogP contribution >= 0.6 is 0 Å². The molecule has 0 aliphatic rings. The summed E-state index contributed by atoms with van der Waals surface area (Å²) in [4.78, 5) is 25.1. The Morgan fingerprint density at radius 1 is 0.974 bits per heavy atom. The number of anilines is 1. The van der Waals surface area contributed by atoms with E-state index in [1.54, 1.807) is 30.3 Å². The van der Waals surface area contributed by atoms with Gasteiger partial charge in [-0.2, -0.15) is 0 Å². The molecule has 2 atom stereocenters. The van der Waals surface area contributed by atoms with E-state index in [4.69, 9.17) is 25.2 Å². The van der Waals surface area contributed by atoms with E-state index in [9.17, 15) is 14.7 Å². The van der Waals surface area contributed by atoms with Gasteiger partial charge in [0.15, 0.2) is 23.4 Å². The van der Waals surface area contributed by atoms with Crippen molar-refractivity contribution in [3.8, 4) is 17.2 Å². The summed E-state index contributed by atoms with van der Waals surface area (Å²) in [5, 5.41) is 27.4. The second-order valence-corrected chi connectivity index (χ2v) is 8.19. The van der Waals surface area contributed by atoms with E-state index in [-0.39, 0.29) is 18.1 Å². The molecule has 0 aromatic heterocycles. The summed E-state index contributed by atoms with van der Waals surface area (Å²) < 4.78 is 16.5. The number of hydrogen-bond donors (Lipinski definition) is 5. The molecule has 38 heavy (non-hydrogen) atoms. The fraction of sp³-hybridized carbons (Fsp3) is 0.222. The van der Waals surface area contributed by atoms with E-state index in [1.165, 1.54) is 27.2 Å². The van der Waals surface area contributed by atoms with Gasteiger partial charge in [0.1, 0.15) is 11.8 Å². The van der Waals surface area contributed by atoms with E-state index < -0.39 is 24.0 Å². The summed E-state index contributed by atoms with van der Waals surface area (Å²) in [5.41, 5.74) is 7.88. The van der Waals surface area contributed by atoms with Gasteiger partial charge in [0.05, 0.1) is 14.2 Å². The molecule has 0 spiro atoms. The number of benzene rings is 3. The maximum absolute atomic E-state index is 13.6. The van der Waals surface area contributed by atoms with Crippen molar-refractivity contribution in [2.24, 2.45) is 10.9 Å². The Hall–Kier alpha value is -4.93. The number of methoxy groups -OCH3 is 2.